The topological polar surface area (TPSA) is 53.0 Å². The van der Waals surface area contributed by atoms with Crippen LogP contribution in [0.4, 0.5) is 17.1 Å². The van der Waals surface area contributed by atoms with E-state index >= 15 is 0 Å². The van der Waals surface area contributed by atoms with Crippen LogP contribution in [0.3, 0.4) is 0 Å². The summed E-state index contributed by atoms with van der Waals surface area (Å²) in [6.07, 6.45) is 2.52. The highest BCUT2D eigenvalue weighted by Crippen LogP contribution is 2.26. The molecule has 0 aromatic heterocycles. The summed E-state index contributed by atoms with van der Waals surface area (Å²) in [5.41, 5.74) is 6.19. The maximum absolute atomic E-state index is 13.2. The van der Waals surface area contributed by atoms with E-state index in [-0.39, 0.29) is 0 Å². The van der Waals surface area contributed by atoms with Crippen molar-refractivity contribution >= 4 is 33.3 Å². The highest BCUT2D eigenvalue weighted by molar-refractivity contribution is 7.89. The SMILES string of the molecule is CN(c1ccccc1)c1ccc(C=Nc2ccc(S(=O)(=O)N3CCc4ccccc4C3)cc2)cc1. The first-order valence-corrected chi connectivity index (χ1v) is 13.0. The Hall–Kier alpha value is -3.74. The number of rotatable bonds is 6. The number of anilines is 2. The second-order valence-corrected chi connectivity index (χ2v) is 10.5. The number of sulfonamides is 1. The van der Waals surface area contributed by atoms with Crippen LogP contribution >= 0.6 is 0 Å². The molecule has 4 aromatic carbocycles. The van der Waals surface area contributed by atoms with Crippen molar-refractivity contribution in [3.05, 3.63) is 120 Å². The van der Waals surface area contributed by atoms with E-state index in [9.17, 15) is 8.42 Å². The molecule has 4 aromatic rings. The molecule has 5 rings (SSSR count). The second-order valence-electron chi connectivity index (χ2n) is 8.60. The third-order valence-electron chi connectivity index (χ3n) is 6.36. The maximum atomic E-state index is 13.2. The van der Waals surface area contributed by atoms with Crippen LogP contribution < -0.4 is 4.90 Å². The lowest BCUT2D eigenvalue weighted by molar-refractivity contribution is 0.391. The predicted octanol–water partition coefficient (Wildman–Crippen LogP) is 5.95. The van der Waals surface area contributed by atoms with Crippen LogP contribution in [0.15, 0.2) is 113 Å². The first-order chi connectivity index (χ1) is 17.0. The van der Waals surface area contributed by atoms with Crippen LogP contribution in [0.1, 0.15) is 16.7 Å². The summed E-state index contributed by atoms with van der Waals surface area (Å²) in [5, 5.41) is 0. The molecule has 1 aliphatic heterocycles. The largest absolute Gasteiger partial charge is 0.345 e. The van der Waals surface area contributed by atoms with Gasteiger partial charge in [0.2, 0.25) is 10.0 Å². The molecule has 0 unspecified atom stereocenters. The molecule has 0 fully saturated rings. The highest BCUT2D eigenvalue weighted by atomic mass is 32.2. The van der Waals surface area contributed by atoms with Crippen LogP contribution in [0.25, 0.3) is 0 Å². The number of fused-ring (bicyclic) bond motifs is 1. The smallest absolute Gasteiger partial charge is 0.243 e. The molecule has 0 radical (unpaired) electrons. The molecular weight excluding hydrogens is 454 g/mol. The molecule has 0 spiro atoms. The van der Waals surface area contributed by atoms with Gasteiger partial charge in [0.25, 0.3) is 0 Å². The lowest BCUT2D eigenvalue weighted by Crippen LogP contribution is -2.35. The Kier molecular flexibility index (Phi) is 6.49. The van der Waals surface area contributed by atoms with E-state index in [2.05, 4.69) is 40.2 Å². The van der Waals surface area contributed by atoms with Gasteiger partial charge in [0.15, 0.2) is 0 Å². The zero-order valence-corrected chi connectivity index (χ0v) is 20.4. The van der Waals surface area contributed by atoms with Gasteiger partial charge in [0.1, 0.15) is 0 Å². The van der Waals surface area contributed by atoms with E-state index in [1.54, 1.807) is 34.8 Å². The number of para-hydroxylation sites is 1. The fourth-order valence-electron chi connectivity index (χ4n) is 4.26. The van der Waals surface area contributed by atoms with Gasteiger partial charge in [-0.15, -0.1) is 0 Å². The number of benzene rings is 4. The van der Waals surface area contributed by atoms with E-state index in [0.717, 1.165) is 28.9 Å². The van der Waals surface area contributed by atoms with Crippen molar-refractivity contribution in [2.45, 2.75) is 17.9 Å². The average Bonchev–Trinajstić information content (AvgIpc) is 2.92. The number of hydrogen-bond acceptors (Lipinski definition) is 4. The normalized spacial score (nSPS) is 14.1. The summed E-state index contributed by atoms with van der Waals surface area (Å²) in [4.78, 5) is 6.95. The van der Waals surface area contributed by atoms with Crippen molar-refractivity contribution < 1.29 is 8.42 Å². The minimum Gasteiger partial charge on any atom is -0.345 e. The van der Waals surface area contributed by atoms with Crippen molar-refractivity contribution in [1.82, 2.24) is 4.31 Å². The lowest BCUT2D eigenvalue weighted by Gasteiger charge is -2.28. The van der Waals surface area contributed by atoms with Gasteiger partial charge in [-0.25, -0.2) is 8.42 Å². The van der Waals surface area contributed by atoms with E-state index in [0.29, 0.717) is 23.7 Å². The summed E-state index contributed by atoms with van der Waals surface area (Å²) in [6, 6.07) is 33.2. The van der Waals surface area contributed by atoms with Crippen LogP contribution in [0.5, 0.6) is 0 Å². The Labute approximate surface area is 207 Å². The Morgan fingerprint density at radius 1 is 0.771 bits per heavy atom. The first-order valence-electron chi connectivity index (χ1n) is 11.6. The van der Waals surface area contributed by atoms with Gasteiger partial charge in [0, 0.05) is 37.7 Å². The maximum Gasteiger partial charge on any atom is 0.243 e. The fourth-order valence-corrected chi connectivity index (χ4v) is 5.68. The molecule has 35 heavy (non-hydrogen) atoms. The van der Waals surface area contributed by atoms with Crippen LogP contribution in [0.2, 0.25) is 0 Å². The molecule has 0 N–H and O–H groups in total. The Morgan fingerprint density at radius 3 is 2.11 bits per heavy atom. The van der Waals surface area contributed by atoms with E-state index in [1.165, 1.54) is 5.56 Å². The Balaban J connectivity index is 1.26. The molecule has 0 aliphatic carbocycles. The molecule has 176 valence electrons. The van der Waals surface area contributed by atoms with Gasteiger partial charge in [-0.1, -0.05) is 54.6 Å². The molecule has 0 saturated heterocycles. The summed E-state index contributed by atoms with van der Waals surface area (Å²) in [5.74, 6) is 0. The highest BCUT2D eigenvalue weighted by Gasteiger charge is 2.28. The van der Waals surface area contributed by atoms with Gasteiger partial charge < -0.3 is 4.90 Å². The molecule has 6 heteroatoms. The van der Waals surface area contributed by atoms with Crippen molar-refractivity contribution in [3.8, 4) is 0 Å². The van der Waals surface area contributed by atoms with Gasteiger partial charge in [-0.3, -0.25) is 4.99 Å². The summed E-state index contributed by atoms with van der Waals surface area (Å²) < 4.78 is 27.9. The van der Waals surface area contributed by atoms with Crippen molar-refractivity contribution in [2.75, 3.05) is 18.5 Å². The van der Waals surface area contributed by atoms with E-state index in [4.69, 9.17) is 0 Å². The summed E-state index contributed by atoms with van der Waals surface area (Å²) >= 11 is 0. The minimum absolute atomic E-state index is 0.295. The molecule has 0 bridgehead atoms. The van der Waals surface area contributed by atoms with E-state index < -0.39 is 10.0 Å². The Morgan fingerprint density at radius 2 is 1.40 bits per heavy atom. The molecule has 0 atom stereocenters. The Bertz CT molecular complexity index is 1430. The number of aliphatic imine (C=N–C) groups is 1. The molecular formula is C29H27N3O2S. The summed E-state index contributed by atoms with van der Waals surface area (Å²) in [7, 11) is -1.51. The van der Waals surface area contributed by atoms with Crippen molar-refractivity contribution in [1.29, 1.82) is 0 Å². The summed E-state index contributed by atoms with van der Waals surface area (Å²) in [6.45, 7) is 0.905. The van der Waals surface area contributed by atoms with Crippen LogP contribution in [-0.2, 0) is 23.0 Å². The number of hydrogen-bond donors (Lipinski definition) is 0. The molecule has 5 nitrogen and oxygen atoms in total. The van der Waals surface area contributed by atoms with E-state index in [1.807, 2.05) is 55.6 Å². The molecule has 0 saturated carbocycles. The molecule has 1 heterocycles. The second kappa shape index (κ2) is 9.86. The van der Waals surface area contributed by atoms with Gasteiger partial charge in [0.05, 0.1) is 10.6 Å². The monoisotopic (exact) mass is 481 g/mol. The molecule has 0 amide bonds. The predicted molar refractivity (Wildman–Crippen MR) is 142 cm³/mol. The zero-order chi connectivity index (χ0) is 24.3. The standard InChI is InChI=1S/C29H27N3O2S/c1-31(27-9-3-2-4-10-27)28-15-11-23(12-16-28)21-30-26-13-17-29(18-14-26)35(33,34)32-20-19-24-7-5-6-8-25(24)22-32/h2-18,21H,19-20,22H2,1H3. The third kappa shape index (κ3) is 5.04. The number of nitrogens with zero attached hydrogens (tertiary/aromatic N) is 3. The lowest BCUT2D eigenvalue weighted by atomic mass is 10.0. The van der Waals surface area contributed by atoms with Gasteiger partial charge in [-0.05, 0) is 71.6 Å². The fraction of sp³-hybridized carbons (Fsp3) is 0.138. The first kappa shape index (κ1) is 23.0. The van der Waals surface area contributed by atoms with Gasteiger partial charge >= 0.3 is 0 Å². The average molecular weight is 482 g/mol. The van der Waals surface area contributed by atoms with Crippen molar-refractivity contribution in [3.63, 3.8) is 0 Å². The zero-order valence-electron chi connectivity index (χ0n) is 19.6. The minimum atomic E-state index is -3.55. The third-order valence-corrected chi connectivity index (χ3v) is 8.22. The molecule has 1 aliphatic rings. The van der Waals surface area contributed by atoms with Gasteiger partial charge in [-0.2, -0.15) is 4.31 Å². The van der Waals surface area contributed by atoms with Crippen LogP contribution in [0, 0.1) is 0 Å². The van der Waals surface area contributed by atoms with Crippen LogP contribution in [-0.4, -0.2) is 32.5 Å². The quantitative estimate of drug-likeness (QED) is 0.320. The van der Waals surface area contributed by atoms with Crippen molar-refractivity contribution in [2.24, 2.45) is 4.99 Å².